The molecule has 0 spiro atoms. The lowest BCUT2D eigenvalue weighted by Gasteiger charge is -2.32. The maximum Gasteiger partial charge on any atom is 0.253 e. The fourth-order valence-corrected chi connectivity index (χ4v) is 3.73. The van der Waals surface area contributed by atoms with Crippen LogP contribution >= 0.6 is 11.6 Å². The van der Waals surface area contributed by atoms with Crippen LogP contribution in [-0.2, 0) is 0 Å². The van der Waals surface area contributed by atoms with Crippen LogP contribution in [0.25, 0.3) is 0 Å². The third-order valence-corrected chi connectivity index (χ3v) is 5.49. The average molecular weight is 414 g/mol. The Labute approximate surface area is 177 Å². The Kier molecular flexibility index (Phi) is 6.91. The van der Waals surface area contributed by atoms with Gasteiger partial charge in [-0.2, -0.15) is 0 Å². The summed E-state index contributed by atoms with van der Waals surface area (Å²) in [6.07, 6.45) is 1.58. The number of likely N-dealkylation sites (tertiary alicyclic amines) is 1. The van der Waals surface area contributed by atoms with Crippen molar-refractivity contribution in [1.82, 2.24) is 15.2 Å². The van der Waals surface area contributed by atoms with Gasteiger partial charge in [0.05, 0.1) is 11.3 Å². The van der Waals surface area contributed by atoms with E-state index in [1.807, 2.05) is 24.0 Å². The van der Waals surface area contributed by atoms with Gasteiger partial charge in [0.1, 0.15) is 0 Å². The van der Waals surface area contributed by atoms with Gasteiger partial charge in [-0.15, -0.1) is 0 Å². The Balaban J connectivity index is 1.70. The third-order valence-electron chi connectivity index (χ3n) is 5.24. The number of pyridine rings is 1. The van der Waals surface area contributed by atoms with E-state index in [1.54, 1.807) is 24.3 Å². The number of aromatic nitrogens is 1. The van der Waals surface area contributed by atoms with Gasteiger partial charge in [0.15, 0.2) is 0 Å². The molecular formula is C23H28ClN3O2. The van der Waals surface area contributed by atoms with Crippen molar-refractivity contribution < 1.29 is 9.59 Å². The molecule has 1 aromatic heterocycles. The van der Waals surface area contributed by atoms with Gasteiger partial charge in [0.25, 0.3) is 11.8 Å². The molecule has 0 radical (unpaired) electrons. The summed E-state index contributed by atoms with van der Waals surface area (Å²) in [5.41, 5.74) is 3.05. The highest BCUT2D eigenvalue weighted by Gasteiger charge is 2.28. The number of aryl methyl sites for hydroxylation is 1. The monoisotopic (exact) mass is 413 g/mol. The number of halogens is 1. The molecule has 1 aromatic carbocycles. The highest BCUT2D eigenvalue weighted by Crippen LogP contribution is 2.30. The van der Waals surface area contributed by atoms with Crippen LogP contribution in [0.3, 0.4) is 0 Å². The summed E-state index contributed by atoms with van der Waals surface area (Å²) in [6.45, 7) is 8.02. The summed E-state index contributed by atoms with van der Waals surface area (Å²) in [7, 11) is 0. The summed E-state index contributed by atoms with van der Waals surface area (Å²) < 4.78 is 0. The first-order chi connectivity index (χ1) is 13.8. The van der Waals surface area contributed by atoms with E-state index in [-0.39, 0.29) is 17.7 Å². The maximum atomic E-state index is 12.7. The number of benzene rings is 1. The zero-order valence-electron chi connectivity index (χ0n) is 17.2. The van der Waals surface area contributed by atoms with Crippen LogP contribution in [0.15, 0.2) is 36.4 Å². The molecule has 2 aromatic rings. The number of nitrogens with zero attached hydrogens (tertiary/aromatic N) is 2. The summed E-state index contributed by atoms with van der Waals surface area (Å²) in [4.78, 5) is 32.0. The lowest BCUT2D eigenvalue weighted by Crippen LogP contribution is -2.38. The van der Waals surface area contributed by atoms with E-state index in [0.717, 1.165) is 24.2 Å². The van der Waals surface area contributed by atoms with Crippen LogP contribution < -0.4 is 5.32 Å². The van der Waals surface area contributed by atoms with E-state index in [1.165, 1.54) is 0 Å². The quantitative estimate of drug-likeness (QED) is 0.787. The number of hydrogen-bond donors (Lipinski definition) is 1. The highest BCUT2D eigenvalue weighted by atomic mass is 35.5. The van der Waals surface area contributed by atoms with Gasteiger partial charge < -0.3 is 10.2 Å². The molecule has 29 heavy (non-hydrogen) atoms. The molecule has 0 bridgehead atoms. The van der Waals surface area contributed by atoms with Crippen LogP contribution in [0, 0.1) is 12.8 Å². The second kappa shape index (κ2) is 9.40. The molecule has 1 fully saturated rings. The van der Waals surface area contributed by atoms with E-state index in [0.29, 0.717) is 41.7 Å². The van der Waals surface area contributed by atoms with Gasteiger partial charge in [-0.3, -0.25) is 14.6 Å². The van der Waals surface area contributed by atoms with Crippen molar-refractivity contribution in [3.05, 3.63) is 63.9 Å². The topological polar surface area (TPSA) is 62.3 Å². The predicted octanol–water partition coefficient (Wildman–Crippen LogP) is 4.45. The minimum atomic E-state index is -0.0686. The van der Waals surface area contributed by atoms with Gasteiger partial charge in [0, 0.05) is 41.8 Å². The maximum absolute atomic E-state index is 12.7. The Bertz CT molecular complexity index is 872. The molecule has 1 aliphatic rings. The van der Waals surface area contributed by atoms with Crippen molar-refractivity contribution in [3.63, 3.8) is 0 Å². The van der Waals surface area contributed by atoms with Gasteiger partial charge >= 0.3 is 0 Å². The molecule has 5 nitrogen and oxygen atoms in total. The molecule has 1 N–H and O–H groups in total. The number of amides is 2. The lowest BCUT2D eigenvalue weighted by atomic mass is 9.89. The smallest absolute Gasteiger partial charge is 0.253 e. The van der Waals surface area contributed by atoms with E-state index >= 15 is 0 Å². The van der Waals surface area contributed by atoms with Crippen molar-refractivity contribution in [1.29, 1.82) is 0 Å². The number of rotatable bonds is 5. The molecule has 0 aliphatic carbocycles. The van der Waals surface area contributed by atoms with Crippen LogP contribution in [0.4, 0.5) is 0 Å². The van der Waals surface area contributed by atoms with Gasteiger partial charge in [0.2, 0.25) is 0 Å². The minimum Gasteiger partial charge on any atom is -0.352 e. The predicted molar refractivity (Wildman–Crippen MR) is 115 cm³/mol. The fraction of sp³-hybridized carbons (Fsp3) is 0.435. The standard InChI is InChI=1S/C23H28ClN3O2/c1-15(2)14-25-22(28)20-9-4-16(3)26-21(20)17-10-12-27(13-11-17)23(29)18-5-7-19(24)8-6-18/h4-9,15,17H,10-14H2,1-3H3,(H,25,28). The van der Waals surface area contributed by atoms with E-state index in [9.17, 15) is 9.59 Å². The Morgan fingerprint density at radius 3 is 2.41 bits per heavy atom. The molecular weight excluding hydrogens is 386 g/mol. The molecule has 2 heterocycles. The largest absolute Gasteiger partial charge is 0.352 e. The second-order valence-electron chi connectivity index (χ2n) is 8.06. The van der Waals surface area contributed by atoms with Crippen LogP contribution in [0.5, 0.6) is 0 Å². The SMILES string of the molecule is Cc1ccc(C(=O)NCC(C)C)c(C2CCN(C(=O)c3ccc(Cl)cc3)CC2)n1. The van der Waals surface area contributed by atoms with Crippen LogP contribution in [0.1, 0.15) is 64.7 Å². The number of nitrogens with one attached hydrogen (secondary N) is 1. The molecule has 0 atom stereocenters. The first-order valence-corrected chi connectivity index (χ1v) is 10.5. The molecule has 0 saturated carbocycles. The molecule has 1 aliphatic heterocycles. The fourth-order valence-electron chi connectivity index (χ4n) is 3.60. The Morgan fingerprint density at radius 2 is 1.79 bits per heavy atom. The lowest BCUT2D eigenvalue weighted by molar-refractivity contribution is 0.0710. The third kappa shape index (κ3) is 5.36. The van der Waals surface area contributed by atoms with Crippen molar-refractivity contribution in [3.8, 4) is 0 Å². The summed E-state index contributed by atoms with van der Waals surface area (Å²) in [5.74, 6) is 0.514. The van der Waals surface area contributed by atoms with Crippen molar-refractivity contribution in [2.24, 2.45) is 5.92 Å². The van der Waals surface area contributed by atoms with E-state index in [2.05, 4.69) is 19.2 Å². The van der Waals surface area contributed by atoms with Crippen molar-refractivity contribution in [2.75, 3.05) is 19.6 Å². The zero-order chi connectivity index (χ0) is 21.0. The van der Waals surface area contributed by atoms with Gasteiger partial charge in [-0.1, -0.05) is 25.4 Å². The Hall–Kier alpha value is -2.40. The highest BCUT2D eigenvalue weighted by molar-refractivity contribution is 6.30. The first kappa shape index (κ1) is 21.3. The molecule has 6 heteroatoms. The zero-order valence-corrected chi connectivity index (χ0v) is 18.0. The number of hydrogen-bond acceptors (Lipinski definition) is 3. The Morgan fingerprint density at radius 1 is 1.14 bits per heavy atom. The number of carbonyl (C=O) groups excluding carboxylic acids is 2. The minimum absolute atomic E-state index is 0.0206. The van der Waals surface area contributed by atoms with E-state index < -0.39 is 0 Å². The molecule has 3 rings (SSSR count). The molecule has 2 amide bonds. The van der Waals surface area contributed by atoms with Gasteiger partial charge in [-0.05, 0) is 62.1 Å². The summed E-state index contributed by atoms with van der Waals surface area (Å²) >= 11 is 5.92. The normalized spacial score (nSPS) is 14.9. The van der Waals surface area contributed by atoms with Crippen molar-refractivity contribution >= 4 is 23.4 Å². The van der Waals surface area contributed by atoms with Crippen LogP contribution in [-0.4, -0.2) is 41.3 Å². The molecule has 154 valence electrons. The summed E-state index contributed by atoms with van der Waals surface area (Å²) in [5, 5.41) is 3.62. The summed E-state index contributed by atoms with van der Waals surface area (Å²) in [6, 6.07) is 10.7. The van der Waals surface area contributed by atoms with Crippen LogP contribution in [0.2, 0.25) is 5.02 Å². The number of carbonyl (C=O) groups is 2. The average Bonchev–Trinajstić information content (AvgIpc) is 2.72. The van der Waals surface area contributed by atoms with Crippen molar-refractivity contribution in [2.45, 2.75) is 39.5 Å². The first-order valence-electron chi connectivity index (χ1n) is 10.2. The number of piperidine rings is 1. The second-order valence-corrected chi connectivity index (χ2v) is 8.50. The molecule has 0 unspecified atom stereocenters. The van der Waals surface area contributed by atoms with E-state index in [4.69, 9.17) is 16.6 Å². The van der Waals surface area contributed by atoms with Gasteiger partial charge in [-0.25, -0.2) is 0 Å². The molecule has 1 saturated heterocycles.